The van der Waals surface area contributed by atoms with Crippen LogP contribution in [0.5, 0.6) is 0 Å². The maximum absolute atomic E-state index is 14.0. The van der Waals surface area contributed by atoms with E-state index in [0.717, 1.165) is 58.4 Å². The van der Waals surface area contributed by atoms with E-state index in [4.69, 9.17) is 21.4 Å². The number of carbonyl (C=O) groups excluding carboxylic acids is 2. The summed E-state index contributed by atoms with van der Waals surface area (Å²) in [5, 5.41) is 15.3. The minimum Gasteiger partial charge on any atom is -0.360 e. The van der Waals surface area contributed by atoms with Crippen molar-refractivity contribution in [3.63, 3.8) is 0 Å². The fourth-order valence-electron chi connectivity index (χ4n) is 6.10. The monoisotopic (exact) mass is 739 g/mol. The van der Waals surface area contributed by atoms with Crippen molar-refractivity contribution in [3.8, 4) is 22.3 Å². The molecule has 1 atom stereocenters. The summed E-state index contributed by atoms with van der Waals surface area (Å²) >= 11 is 6.73. The molecule has 5 rings (SSSR count). The standard InChI is InChI=1S/C40H50ClN7O3Si/c1-27-38(28(2)48(45-27)26-51-20-21-52(6,7)8)30-12-15-34(16-13-30)43-39(49)36(44-40(50)37-18-19-42-47(37)5)24-33-23-32(14-17-35(33)41)31-11-9-10-29(22-31)25-46(3)4/h9-19,22-23,36H,20-21,24-26H2,1-8H3,(H,43,49)(H,44,50). The van der Waals surface area contributed by atoms with Gasteiger partial charge in [-0.15, -0.1) is 0 Å². The zero-order valence-electron chi connectivity index (χ0n) is 31.5. The second kappa shape index (κ2) is 16.9. The summed E-state index contributed by atoms with van der Waals surface area (Å²) in [6, 6.07) is 23.6. The van der Waals surface area contributed by atoms with Crippen molar-refractivity contribution in [2.75, 3.05) is 26.0 Å². The van der Waals surface area contributed by atoms with E-state index in [1.165, 1.54) is 10.2 Å². The number of nitrogens with one attached hydrogen (secondary N) is 2. The first-order valence-electron chi connectivity index (χ1n) is 17.5. The molecule has 0 aliphatic heterocycles. The fourth-order valence-corrected chi connectivity index (χ4v) is 7.05. The summed E-state index contributed by atoms with van der Waals surface area (Å²) in [5.74, 6) is -0.778. The Labute approximate surface area is 313 Å². The van der Waals surface area contributed by atoms with Crippen LogP contribution in [0.4, 0.5) is 5.69 Å². The molecule has 0 radical (unpaired) electrons. The number of aromatic nitrogens is 4. The van der Waals surface area contributed by atoms with Gasteiger partial charge in [-0.3, -0.25) is 14.3 Å². The molecule has 3 aromatic carbocycles. The van der Waals surface area contributed by atoms with Crippen LogP contribution in [-0.2, 0) is 36.3 Å². The van der Waals surface area contributed by atoms with Crippen LogP contribution < -0.4 is 10.6 Å². The van der Waals surface area contributed by atoms with Gasteiger partial charge in [-0.25, -0.2) is 4.68 Å². The molecule has 2 amide bonds. The van der Waals surface area contributed by atoms with Gasteiger partial charge >= 0.3 is 0 Å². The van der Waals surface area contributed by atoms with Crippen molar-refractivity contribution >= 4 is 37.2 Å². The van der Waals surface area contributed by atoms with E-state index in [1.807, 2.05) is 81.2 Å². The van der Waals surface area contributed by atoms with Crippen molar-refractivity contribution in [2.24, 2.45) is 7.05 Å². The third kappa shape index (κ3) is 10.1. The molecule has 0 spiro atoms. The van der Waals surface area contributed by atoms with Gasteiger partial charge in [-0.1, -0.05) is 67.6 Å². The molecule has 5 aromatic rings. The second-order valence-corrected chi connectivity index (χ2v) is 20.8. The summed E-state index contributed by atoms with van der Waals surface area (Å²) in [7, 11) is 4.59. The summed E-state index contributed by atoms with van der Waals surface area (Å²) in [4.78, 5) is 29.4. The molecule has 0 aliphatic carbocycles. The fraction of sp³-hybridized carbons (Fsp3) is 0.350. The highest BCUT2D eigenvalue weighted by Crippen LogP contribution is 2.30. The Morgan fingerprint density at radius 1 is 0.962 bits per heavy atom. The number of hydrogen-bond donors (Lipinski definition) is 2. The molecule has 0 aliphatic rings. The number of carbonyl (C=O) groups is 2. The van der Waals surface area contributed by atoms with Crippen molar-refractivity contribution < 1.29 is 14.3 Å². The SMILES string of the molecule is Cc1nn(COCC[Si](C)(C)C)c(C)c1-c1ccc(NC(=O)C(Cc2cc(-c3cccc(CN(C)C)c3)ccc2Cl)NC(=O)c2ccnn2C)cc1. The smallest absolute Gasteiger partial charge is 0.270 e. The Morgan fingerprint density at radius 3 is 2.35 bits per heavy atom. The number of amides is 2. The second-order valence-electron chi connectivity index (χ2n) is 14.8. The van der Waals surface area contributed by atoms with Crippen LogP contribution in [-0.4, -0.2) is 71.1 Å². The van der Waals surface area contributed by atoms with E-state index in [1.54, 1.807) is 19.3 Å². The average Bonchev–Trinajstić information content (AvgIpc) is 3.64. The normalized spacial score (nSPS) is 12.3. The van der Waals surface area contributed by atoms with E-state index in [2.05, 4.69) is 58.5 Å². The Hall–Kier alpha value is -4.55. The molecule has 2 N–H and O–H groups in total. The molecule has 52 heavy (non-hydrogen) atoms. The van der Waals surface area contributed by atoms with E-state index in [9.17, 15) is 9.59 Å². The quantitative estimate of drug-likeness (QED) is 0.0848. The molecule has 0 saturated heterocycles. The Morgan fingerprint density at radius 2 is 1.67 bits per heavy atom. The highest BCUT2D eigenvalue weighted by Gasteiger charge is 2.25. The van der Waals surface area contributed by atoms with Crippen LogP contribution in [0.2, 0.25) is 30.7 Å². The Kier molecular flexibility index (Phi) is 12.5. The number of benzene rings is 3. The molecule has 0 fully saturated rings. The highest BCUT2D eigenvalue weighted by atomic mass is 35.5. The Balaban J connectivity index is 1.35. The first-order valence-corrected chi connectivity index (χ1v) is 21.6. The molecule has 2 aromatic heterocycles. The van der Waals surface area contributed by atoms with Crippen LogP contribution in [0.25, 0.3) is 22.3 Å². The third-order valence-electron chi connectivity index (χ3n) is 8.94. The van der Waals surface area contributed by atoms with Crippen molar-refractivity contribution in [3.05, 3.63) is 112 Å². The summed E-state index contributed by atoms with van der Waals surface area (Å²) in [6.45, 7) is 13.0. The topological polar surface area (TPSA) is 106 Å². The van der Waals surface area contributed by atoms with E-state index in [-0.39, 0.29) is 12.3 Å². The molecular formula is C40H50ClN7O3Si. The van der Waals surface area contributed by atoms with Gasteiger partial charge in [0.15, 0.2) is 0 Å². The van der Waals surface area contributed by atoms with Gasteiger partial charge in [0.25, 0.3) is 5.91 Å². The van der Waals surface area contributed by atoms with Gasteiger partial charge in [0.2, 0.25) is 5.91 Å². The molecule has 274 valence electrons. The number of aryl methyl sites for hydroxylation is 2. The molecule has 12 heteroatoms. The number of anilines is 1. The van der Waals surface area contributed by atoms with Crippen LogP contribution >= 0.6 is 11.6 Å². The summed E-state index contributed by atoms with van der Waals surface area (Å²) < 4.78 is 9.34. The Bertz CT molecular complexity index is 2010. The van der Waals surface area contributed by atoms with Gasteiger partial charge in [0.05, 0.1) is 5.69 Å². The first kappa shape index (κ1) is 38.7. The maximum Gasteiger partial charge on any atom is 0.270 e. The van der Waals surface area contributed by atoms with Gasteiger partial charge in [-0.2, -0.15) is 10.2 Å². The van der Waals surface area contributed by atoms with E-state index < -0.39 is 20.0 Å². The van der Waals surface area contributed by atoms with Gasteiger partial charge in [0.1, 0.15) is 18.5 Å². The lowest BCUT2D eigenvalue weighted by atomic mass is 9.97. The zero-order chi connectivity index (χ0) is 37.6. The molecular weight excluding hydrogens is 690 g/mol. The predicted molar refractivity (Wildman–Crippen MR) is 212 cm³/mol. The lowest BCUT2D eigenvalue weighted by molar-refractivity contribution is -0.118. The highest BCUT2D eigenvalue weighted by molar-refractivity contribution is 6.76. The lowest BCUT2D eigenvalue weighted by Gasteiger charge is -2.20. The van der Waals surface area contributed by atoms with Crippen LogP contribution in [0, 0.1) is 13.8 Å². The number of rotatable bonds is 15. The van der Waals surface area contributed by atoms with Crippen molar-refractivity contribution in [1.82, 2.24) is 29.8 Å². The first-order chi connectivity index (χ1) is 24.7. The lowest BCUT2D eigenvalue weighted by Crippen LogP contribution is -2.45. The number of hydrogen-bond acceptors (Lipinski definition) is 6. The van der Waals surface area contributed by atoms with E-state index in [0.29, 0.717) is 23.1 Å². The van der Waals surface area contributed by atoms with E-state index >= 15 is 0 Å². The van der Waals surface area contributed by atoms with Crippen LogP contribution in [0.15, 0.2) is 79.0 Å². The number of halogens is 1. The predicted octanol–water partition coefficient (Wildman–Crippen LogP) is 7.57. The molecule has 1 unspecified atom stereocenters. The van der Waals surface area contributed by atoms with Crippen LogP contribution in [0.1, 0.15) is 33.0 Å². The molecule has 2 heterocycles. The van der Waals surface area contributed by atoms with Crippen molar-refractivity contribution in [1.29, 1.82) is 0 Å². The number of ether oxygens (including phenoxy) is 1. The largest absolute Gasteiger partial charge is 0.360 e. The van der Waals surface area contributed by atoms with Crippen molar-refractivity contribution in [2.45, 2.75) is 65.3 Å². The zero-order valence-corrected chi connectivity index (χ0v) is 33.2. The number of nitrogens with zero attached hydrogens (tertiary/aromatic N) is 5. The third-order valence-corrected chi connectivity index (χ3v) is 11.0. The minimum atomic E-state index is -1.17. The minimum absolute atomic E-state index is 0.176. The van der Waals surface area contributed by atoms with Gasteiger partial charge < -0.3 is 20.3 Å². The maximum atomic E-state index is 14.0. The molecule has 0 saturated carbocycles. The molecule has 10 nitrogen and oxygen atoms in total. The van der Waals surface area contributed by atoms with Gasteiger partial charge in [0, 0.05) is 62.9 Å². The summed E-state index contributed by atoms with van der Waals surface area (Å²) in [6.07, 6.45) is 1.72. The average molecular weight is 740 g/mol. The van der Waals surface area contributed by atoms with Crippen LogP contribution in [0.3, 0.4) is 0 Å². The molecule has 0 bridgehead atoms. The summed E-state index contributed by atoms with van der Waals surface area (Å²) in [5.41, 5.74) is 8.83. The van der Waals surface area contributed by atoms with Gasteiger partial charge in [-0.05, 0) is 98.2 Å².